The summed E-state index contributed by atoms with van der Waals surface area (Å²) in [5.41, 5.74) is 0.623. The third kappa shape index (κ3) is 2.98. The molecule has 4 nitrogen and oxygen atoms in total. The van der Waals surface area contributed by atoms with Crippen LogP contribution in [0.4, 0.5) is 0 Å². The number of hydrogen-bond donors (Lipinski definition) is 0. The van der Waals surface area contributed by atoms with Crippen LogP contribution in [-0.4, -0.2) is 17.8 Å². The van der Waals surface area contributed by atoms with Crippen molar-refractivity contribution in [1.82, 2.24) is 0 Å². The van der Waals surface area contributed by atoms with Crippen LogP contribution < -0.4 is 0 Å². The summed E-state index contributed by atoms with van der Waals surface area (Å²) in [7, 11) is 1.35. The molecule has 0 saturated carbocycles. The second kappa shape index (κ2) is 5.63. The molecule has 4 heteroatoms. The molecular formula is C15H15NO3. The molecule has 0 saturated heterocycles. The molecule has 0 bridgehead atoms. The number of nitro groups is 1. The Morgan fingerprint density at radius 2 is 2.05 bits per heavy atom. The Hall–Kier alpha value is -2.20. The molecule has 1 aliphatic carbocycles. The van der Waals surface area contributed by atoms with Crippen molar-refractivity contribution in [3.8, 4) is 0 Å². The minimum absolute atomic E-state index is 0.238. The first kappa shape index (κ1) is 13.2. The zero-order valence-corrected chi connectivity index (χ0v) is 10.7. The molecule has 1 aromatic rings. The van der Waals surface area contributed by atoms with E-state index in [1.807, 2.05) is 48.6 Å². The number of allylic oxidation sites excluding steroid dienone is 3. The Balaban J connectivity index is 2.09. The summed E-state index contributed by atoms with van der Waals surface area (Å²) in [4.78, 5) is 10.6. The summed E-state index contributed by atoms with van der Waals surface area (Å²) in [6, 6.07) is 9.89. The maximum absolute atomic E-state index is 11.0. The number of rotatable bonds is 4. The average molecular weight is 257 g/mol. The molecule has 1 aromatic carbocycles. The quantitative estimate of drug-likeness (QED) is 0.473. The number of benzene rings is 1. The number of hydrogen-bond acceptors (Lipinski definition) is 3. The van der Waals surface area contributed by atoms with Gasteiger partial charge in [0.25, 0.3) is 0 Å². The minimum Gasteiger partial charge on any atom is -0.315 e. The van der Waals surface area contributed by atoms with Crippen molar-refractivity contribution in [1.29, 1.82) is 0 Å². The van der Waals surface area contributed by atoms with Crippen LogP contribution in [0.5, 0.6) is 0 Å². The van der Waals surface area contributed by atoms with Gasteiger partial charge in [0.15, 0.2) is 0 Å². The fourth-order valence-electron chi connectivity index (χ4n) is 1.87. The van der Waals surface area contributed by atoms with Crippen LogP contribution in [0, 0.1) is 10.1 Å². The van der Waals surface area contributed by atoms with Gasteiger partial charge in [-0.3, -0.25) is 10.1 Å². The fourth-order valence-corrected chi connectivity index (χ4v) is 1.87. The standard InChI is InChI=1S/C15H15NO3/c1-19-15(16(17)18)11-9-14(10-12-15)8-7-13-5-3-2-4-6-13/h2-11H,12H2,1H3. The van der Waals surface area contributed by atoms with Crippen molar-refractivity contribution in [3.63, 3.8) is 0 Å². The van der Waals surface area contributed by atoms with Crippen molar-refractivity contribution >= 4 is 6.08 Å². The maximum Gasteiger partial charge on any atom is 0.348 e. The molecule has 98 valence electrons. The van der Waals surface area contributed by atoms with Gasteiger partial charge in [0.1, 0.15) is 0 Å². The molecule has 0 spiro atoms. The topological polar surface area (TPSA) is 52.4 Å². The van der Waals surface area contributed by atoms with E-state index in [2.05, 4.69) is 0 Å². The second-order valence-electron chi connectivity index (χ2n) is 4.29. The molecule has 1 atom stereocenters. The molecule has 1 unspecified atom stereocenters. The van der Waals surface area contributed by atoms with E-state index < -0.39 is 10.6 Å². The van der Waals surface area contributed by atoms with Crippen LogP contribution in [0.3, 0.4) is 0 Å². The highest BCUT2D eigenvalue weighted by Crippen LogP contribution is 2.25. The van der Waals surface area contributed by atoms with Crippen LogP contribution in [0.1, 0.15) is 12.0 Å². The van der Waals surface area contributed by atoms with Crippen molar-refractivity contribution in [2.75, 3.05) is 7.11 Å². The van der Waals surface area contributed by atoms with Gasteiger partial charge in [-0.15, -0.1) is 0 Å². The molecule has 0 N–H and O–H groups in total. The van der Waals surface area contributed by atoms with Crippen LogP contribution in [0.25, 0.3) is 6.08 Å². The Kier molecular flexibility index (Phi) is 3.92. The third-order valence-corrected chi connectivity index (χ3v) is 3.10. The predicted molar refractivity (Wildman–Crippen MR) is 74.1 cm³/mol. The van der Waals surface area contributed by atoms with E-state index in [1.165, 1.54) is 13.2 Å². The molecule has 0 aliphatic heterocycles. The molecule has 0 fully saturated rings. The van der Waals surface area contributed by atoms with Crippen molar-refractivity contribution in [2.45, 2.75) is 12.1 Å². The van der Waals surface area contributed by atoms with Crippen LogP contribution in [0.15, 0.2) is 60.2 Å². The summed E-state index contributed by atoms with van der Waals surface area (Å²) in [6.07, 6.45) is 9.17. The second-order valence-corrected chi connectivity index (χ2v) is 4.29. The summed E-state index contributed by atoms with van der Waals surface area (Å²) in [5.74, 6) is 0. The maximum atomic E-state index is 11.0. The van der Waals surface area contributed by atoms with E-state index in [0.29, 0.717) is 0 Å². The lowest BCUT2D eigenvalue weighted by molar-refractivity contribution is -0.610. The first-order valence-electron chi connectivity index (χ1n) is 5.98. The Bertz CT molecular complexity index is 546. The van der Waals surface area contributed by atoms with E-state index in [0.717, 1.165) is 11.1 Å². The number of ether oxygens (including phenoxy) is 1. The Labute approximate surface area is 111 Å². The molecular weight excluding hydrogens is 242 g/mol. The summed E-state index contributed by atoms with van der Waals surface area (Å²) in [5, 5.41) is 11.0. The zero-order valence-electron chi connectivity index (χ0n) is 10.7. The summed E-state index contributed by atoms with van der Waals surface area (Å²) in [6.45, 7) is 0. The summed E-state index contributed by atoms with van der Waals surface area (Å²) >= 11 is 0. The van der Waals surface area contributed by atoms with Crippen molar-refractivity contribution in [2.24, 2.45) is 0 Å². The Morgan fingerprint density at radius 3 is 2.58 bits per heavy atom. The van der Waals surface area contributed by atoms with E-state index in [1.54, 1.807) is 6.08 Å². The lowest BCUT2D eigenvalue weighted by Crippen LogP contribution is -2.38. The van der Waals surface area contributed by atoms with E-state index >= 15 is 0 Å². The van der Waals surface area contributed by atoms with Gasteiger partial charge in [0, 0.05) is 13.2 Å². The highest BCUT2D eigenvalue weighted by molar-refractivity contribution is 5.55. The lowest BCUT2D eigenvalue weighted by Gasteiger charge is -2.21. The van der Waals surface area contributed by atoms with Gasteiger partial charge in [0.2, 0.25) is 0 Å². The van der Waals surface area contributed by atoms with E-state index in [-0.39, 0.29) is 6.42 Å². The first-order chi connectivity index (χ1) is 9.16. The fraction of sp³-hybridized carbons (Fsp3) is 0.200. The SMILES string of the molecule is COC1([N+](=O)[O-])C=CC(C=Cc2ccccc2)=CC1. The van der Waals surface area contributed by atoms with Gasteiger partial charge < -0.3 is 4.74 Å². The third-order valence-electron chi connectivity index (χ3n) is 3.10. The van der Waals surface area contributed by atoms with Crippen molar-refractivity contribution in [3.05, 3.63) is 75.9 Å². The van der Waals surface area contributed by atoms with Crippen LogP contribution in [-0.2, 0) is 4.74 Å². The summed E-state index contributed by atoms with van der Waals surface area (Å²) < 4.78 is 5.00. The van der Waals surface area contributed by atoms with E-state index in [9.17, 15) is 10.1 Å². The lowest BCUT2D eigenvalue weighted by atomic mass is 9.99. The van der Waals surface area contributed by atoms with Gasteiger partial charge in [-0.05, 0) is 17.2 Å². The first-order valence-corrected chi connectivity index (χ1v) is 5.98. The van der Waals surface area contributed by atoms with E-state index in [4.69, 9.17) is 4.74 Å². The van der Waals surface area contributed by atoms with Gasteiger partial charge in [-0.1, -0.05) is 48.6 Å². The predicted octanol–water partition coefficient (Wildman–Crippen LogP) is 3.21. The number of nitrogens with zero attached hydrogens (tertiary/aromatic N) is 1. The smallest absolute Gasteiger partial charge is 0.315 e. The highest BCUT2D eigenvalue weighted by atomic mass is 16.7. The Morgan fingerprint density at radius 1 is 1.32 bits per heavy atom. The largest absolute Gasteiger partial charge is 0.348 e. The van der Waals surface area contributed by atoms with Gasteiger partial charge in [-0.25, -0.2) is 0 Å². The van der Waals surface area contributed by atoms with Gasteiger partial charge in [0.05, 0.1) is 11.3 Å². The zero-order chi connectivity index (χ0) is 13.7. The molecule has 19 heavy (non-hydrogen) atoms. The average Bonchev–Trinajstić information content (AvgIpc) is 2.46. The number of methoxy groups -OCH3 is 1. The molecule has 2 rings (SSSR count). The molecule has 1 aliphatic rings. The normalized spacial score (nSPS) is 22.5. The monoisotopic (exact) mass is 257 g/mol. The highest BCUT2D eigenvalue weighted by Gasteiger charge is 2.40. The van der Waals surface area contributed by atoms with Crippen LogP contribution in [0.2, 0.25) is 0 Å². The molecule has 0 radical (unpaired) electrons. The minimum atomic E-state index is -1.41. The van der Waals surface area contributed by atoms with Crippen LogP contribution >= 0.6 is 0 Å². The molecule has 0 heterocycles. The molecule has 0 amide bonds. The van der Waals surface area contributed by atoms with Gasteiger partial charge >= 0.3 is 5.72 Å². The molecule has 0 aromatic heterocycles. The van der Waals surface area contributed by atoms with Gasteiger partial charge in [-0.2, -0.15) is 0 Å². The van der Waals surface area contributed by atoms with Crippen molar-refractivity contribution < 1.29 is 9.66 Å².